The smallest absolute Gasteiger partial charge is 0.335 e. The number of aromatic carboxylic acids is 1. The van der Waals surface area contributed by atoms with Crippen LogP contribution in [0, 0.1) is 0 Å². The van der Waals surface area contributed by atoms with E-state index in [-0.39, 0.29) is 34.5 Å². The molecule has 14 nitrogen and oxygen atoms in total. The van der Waals surface area contributed by atoms with E-state index in [4.69, 9.17) is 14.6 Å². The van der Waals surface area contributed by atoms with E-state index in [1.54, 1.807) is 32.0 Å². The summed E-state index contributed by atoms with van der Waals surface area (Å²) in [5.74, 6) is -1.18. The van der Waals surface area contributed by atoms with Crippen molar-refractivity contribution in [1.29, 1.82) is 0 Å². The summed E-state index contributed by atoms with van der Waals surface area (Å²) in [5, 5.41) is 8.99. The Morgan fingerprint density at radius 2 is 1.25 bits per heavy atom. The third-order valence-electron chi connectivity index (χ3n) is 9.47. The number of unbranched alkanes of at least 4 members (excludes halogenated alkanes) is 2. The lowest BCUT2D eigenvalue weighted by molar-refractivity contribution is -0.144. The number of likely N-dealkylation sites (tertiary alicyclic amines) is 1. The molecule has 1 aliphatic rings. The molecule has 0 saturated carbocycles. The first kappa shape index (κ1) is 41.0. The lowest BCUT2D eigenvalue weighted by Crippen LogP contribution is -2.28. The molecule has 294 valence electrons. The summed E-state index contributed by atoms with van der Waals surface area (Å²) in [4.78, 5) is 87.4. The zero-order chi connectivity index (χ0) is 40.0. The van der Waals surface area contributed by atoms with Crippen LogP contribution in [-0.2, 0) is 31.9 Å². The van der Waals surface area contributed by atoms with Crippen LogP contribution in [0.2, 0.25) is 0 Å². The number of nitrogens with zero attached hydrogens (tertiary/aromatic N) is 3. The van der Waals surface area contributed by atoms with Crippen molar-refractivity contribution in [3.63, 3.8) is 0 Å². The molecule has 5 aromatic rings. The summed E-state index contributed by atoms with van der Waals surface area (Å²) in [5.41, 5.74) is 4.31. The van der Waals surface area contributed by atoms with Gasteiger partial charge in [0.05, 0.1) is 40.8 Å². The van der Waals surface area contributed by atoms with E-state index in [9.17, 15) is 28.8 Å². The highest BCUT2D eigenvalue weighted by Crippen LogP contribution is 2.28. The minimum Gasteiger partial charge on any atom is -0.478 e. The molecule has 56 heavy (non-hydrogen) atoms. The van der Waals surface area contributed by atoms with Crippen molar-refractivity contribution in [2.24, 2.45) is 0 Å². The molecule has 1 amide bonds. The van der Waals surface area contributed by atoms with Crippen LogP contribution in [0.15, 0.2) is 76.3 Å². The Bertz CT molecular complexity index is 2290. The van der Waals surface area contributed by atoms with Crippen LogP contribution in [0.5, 0.6) is 0 Å². The number of hydrogen-bond donors (Lipinski definition) is 3. The Hall–Kier alpha value is -6.18. The highest BCUT2D eigenvalue weighted by Gasteiger charge is 2.28. The number of carbonyl (C=O) groups is 4. The number of carboxylic acid groups (broad SMARTS) is 1. The number of esters is 2. The summed E-state index contributed by atoms with van der Waals surface area (Å²) in [6.45, 7) is 5.68. The number of H-pyrrole nitrogens is 2. The van der Waals surface area contributed by atoms with Gasteiger partial charge in [-0.1, -0.05) is 30.3 Å². The first-order chi connectivity index (χ1) is 27.1. The molecular formula is C42H47N5O9. The maximum Gasteiger partial charge on any atom is 0.335 e. The van der Waals surface area contributed by atoms with E-state index in [1.165, 1.54) is 23.8 Å². The van der Waals surface area contributed by atoms with Crippen molar-refractivity contribution in [3.8, 4) is 0 Å². The van der Waals surface area contributed by atoms with E-state index in [0.29, 0.717) is 116 Å². The number of fused-ring (bicyclic) bond motifs is 2. The molecule has 0 bridgehead atoms. The fraction of sp³-hybridized carbons (Fsp3) is 0.381. The van der Waals surface area contributed by atoms with Gasteiger partial charge in [-0.15, -0.1) is 0 Å². The van der Waals surface area contributed by atoms with E-state index in [1.807, 2.05) is 23.1 Å². The highest BCUT2D eigenvalue weighted by atomic mass is 16.5. The maximum atomic E-state index is 13.1. The van der Waals surface area contributed by atoms with Gasteiger partial charge >= 0.3 is 17.9 Å². The normalized spacial score (nSPS) is 13.6. The molecule has 14 heteroatoms. The van der Waals surface area contributed by atoms with Gasteiger partial charge in [-0.3, -0.25) is 24.0 Å². The average molecular weight is 766 g/mol. The third kappa shape index (κ3) is 11.2. The van der Waals surface area contributed by atoms with Gasteiger partial charge in [0.15, 0.2) is 0 Å². The van der Waals surface area contributed by atoms with Gasteiger partial charge in [0, 0.05) is 37.4 Å². The largest absolute Gasteiger partial charge is 0.478 e. The minimum absolute atomic E-state index is 0.0145. The van der Waals surface area contributed by atoms with Gasteiger partial charge in [0.25, 0.3) is 17.0 Å². The first-order valence-corrected chi connectivity index (χ1v) is 19.0. The molecule has 2 aromatic heterocycles. The van der Waals surface area contributed by atoms with E-state index < -0.39 is 5.97 Å². The first-order valence-electron chi connectivity index (χ1n) is 19.0. The second-order valence-electron chi connectivity index (χ2n) is 13.5. The van der Waals surface area contributed by atoms with Gasteiger partial charge in [0.2, 0.25) is 0 Å². The van der Waals surface area contributed by atoms with Crippen molar-refractivity contribution in [1.82, 2.24) is 24.8 Å². The number of ether oxygens (including phenoxy) is 2. The van der Waals surface area contributed by atoms with Crippen LogP contribution >= 0.6 is 0 Å². The summed E-state index contributed by atoms with van der Waals surface area (Å²) in [6, 6.07) is 19.9. The van der Waals surface area contributed by atoms with Crippen LogP contribution in [0.4, 0.5) is 0 Å². The Morgan fingerprint density at radius 1 is 0.732 bits per heavy atom. The fourth-order valence-electron chi connectivity index (χ4n) is 6.56. The molecule has 0 aliphatic carbocycles. The second kappa shape index (κ2) is 19.9. The predicted molar refractivity (Wildman–Crippen MR) is 210 cm³/mol. The molecule has 6 rings (SSSR count). The molecular weight excluding hydrogens is 718 g/mol. The van der Waals surface area contributed by atoms with Crippen LogP contribution in [-0.4, -0.2) is 80.1 Å². The zero-order valence-electron chi connectivity index (χ0n) is 31.7. The number of carboxylic acids is 1. The van der Waals surface area contributed by atoms with Crippen molar-refractivity contribution >= 4 is 45.9 Å². The quantitative estimate of drug-likeness (QED) is 0.0869. The van der Waals surface area contributed by atoms with Crippen LogP contribution in [0.25, 0.3) is 22.1 Å². The molecule has 1 unspecified atom stereocenters. The lowest BCUT2D eigenvalue weighted by atomic mass is 9.99. The summed E-state index contributed by atoms with van der Waals surface area (Å²) in [7, 11) is 0. The van der Waals surface area contributed by atoms with Gasteiger partial charge in [-0.25, -0.2) is 14.8 Å². The third-order valence-corrected chi connectivity index (χ3v) is 9.47. The van der Waals surface area contributed by atoms with Crippen LogP contribution in [0.3, 0.4) is 0 Å². The molecule has 1 aliphatic heterocycles. The van der Waals surface area contributed by atoms with Crippen LogP contribution < -0.4 is 11.1 Å². The van der Waals surface area contributed by atoms with E-state index in [0.717, 1.165) is 13.0 Å². The zero-order valence-corrected chi connectivity index (χ0v) is 31.7. The molecule has 1 saturated heterocycles. The molecule has 1 fully saturated rings. The summed E-state index contributed by atoms with van der Waals surface area (Å²) >= 11 is 0. The summed E-state index contributed by atoms with van der Waals surface area (Å²) < 4.78 is 9.76. The number of benzene rings is 3. The maximum absolute atomic E-state index is 13.1. The van der Waals surface area contributed by atoms with Gasteiger partial charge in [0.1, 0.15) is 11.4 Å². The van der Waals surface area contributed by atoms with Crippen LogP contribution in [0.1, 0.15) is 102 Å². The number of hydrogen-bond acceptors (Lipinski definition) is 10. The molecule has 0 spiro atoms. The fourth-order valence-corrected chi connectivity index (χ4v) is 6.56. The number of nitrogens with one attached hydrogen (secondary N) is 2. The molecule has 3 N–H and O–H groups in total. The standard InChI is InChI=1S/C26H29N3O4.C16H18N2O5/c1-2-33-24(30)11-7-6-10-22-25(31)28-21-13-12-19(16-23(21)27-22)26(32)29-15-14-20(17-29)18-8-4-3-5-9-18;1-2-23-14(19)6-4-3-5-12-15(20)18-11-8-7-10(16(21)22)9-13(11)17-12/h3-5,8-9,12-13,16,20H,2,6-7,10-11,14-15,17H2,1H3,(H,28,31);7-9H,2-6H2,1H3,(H,18,20)(H,21,22). The number of aryl methyl sites for hydroxylation is 2. The van der Waals surface area contributed by atoms with Crippen molar-refractivity contribution in [3.05, 3.63) is 116 Å². The summed E-state index contributed by atoms with van der Waals surface area (Å²) in [6.07, 6.45) is 4.99. The van der Waals surface area contributed by atoms with Gasteiger partial charge < -0.3 is 29.4 Å². The topological polar surface area (TPSA) is 202 Å². The Kier molecular flexibility index (Phi) is 14.6. The van der Waals surface area contributed by atoms with E-state index >= 15 is 0 Å². The number of aromatic amines is 2. The van der Waals surface area contributed by atoms with Gasteiger partial charge in [-0.2, -0.15) is 0 Å². The number of carbonyl (C=O) groups excluding carboxylic acids is 3. The van der Waals surface area contributed by atoms with Crippen molar-refractivity contribution < 1.29 is 33.8 Å². The average Bonchev–Trinajstić information content (AvgIpc) is 3.69. The Labute approximate surface area is 323 Å². The number of aromatic nitrogens is 4. The lowest BCUT2D eigenvalue weighted by Gasteiger charge is -2.17. The monoisotopic (exact) mass is 765 g/mol. The second-order valence-corrected chi connectivity index (χ2v) is 13.5. The Balaban J connectivity index is 0.000000229. The molecule has 0 radical (unpaired) electrons. The Morgan fingerprint density at radius 3 is 1.77 bits per heavy atom. The number of amides is 1. The van der Waals surface area contributed by atoms with E-state index in [2.05, 4.69) is 32.1 Å². The highest BCUT2D eigenvalue weighted by molar-refractivity contribution is 5.97. The van der Waals surface area contributed by atoms with Crippen molar-refractivity contribution in [2.45, 2.75) is 77.6 Å². The molecule has 3 heterocycles. The molecule has 3 aromatic carbocycles. The SMILES string of the molecule is CCOC(=O)CCCCc1nc2cc(C(=O)N3CCC(c4ccccc4)C3)ccc2[nH]c1=O.CCOC(=O)CCCCc1nc2cc(C(=O)O)ccc2[nH]c1=O. The number of rotatable bonds is 15. The van der Waals surface area contributed by atoms with Gasteiger partial charge in [-0.05, 0) is 101 Å². The minimum atomic E-state index is -1.05. The van der Waals surface area contributed by atoms with Crippen molar-refractivity contribution in [2.75, 3.05) is 26.3 Å². The predicted octanol–water partition coefficient (Wildman–Crippen LogP) is 5.73. The molecule has 1 atom stereocenters.